The number of hydrogen-bond acceptors (Lipinski definition) is 3. The quantitative estimate of drug-likeness (QED) is 0.838. The third kappa shape index (κ3) is 3.28. The molecule has 16 heavy (non-hydrogen) atoms. The molecule has 0 aliphatic carbocycles. The number of carbonyl (C=O) groups is 1. The summed E-state index contributed by atoms with van der Waals surface area (Å²) < 4.78 is 5.04. The molecule has 0 fully saturated rings. The SMILES string of the molecule is COc1ccc(C(CC#N)NC(C)=O)cc1. The van der Waals surface area contributed by atoms with Crippen LogP contribution in [0.25, 0.3) is 0 Å². The molecule has 1 N–H and O–H groups in total. The van der Waals surface area contributed by atoms with E-state index in [1.54, 1.807) is 7.11 Å². The van der Waals surface area contributed by atoms with Crippen LogP contribution in [-0.4, -0.2) is 13.0 Å². The van der Waals surface area contributed by atoms with Crippen LogP contribution in [0.1, 0.15) is 24.9 Å². The highest BCUT2D eigenvalue weighted by molar-refractivity contribution is 5.73. The summed E-state index contributed by atoms with van der Waals surface area (Å²) in [5.41, 5.74) is 0.901. The van der Waals surface area contributed by atoms with Crippen molar-refractivity contribution in [3.05, 3.63) is 29.8 Å². The van der Waals surface area contributed by atoms with Crippen molar-refractivity contribution in [1.29, 1.82) is 5.26 Å². The van der Waals surface area contributed by atoms with Crippen molar-refractivity contribution in [2.24, 2.45) is 0 Å². The van der Waals surface area contributed by atoms with E-state index in [2.05, 4.69) is 11.4 Å². The average Bonchev–Trinajstić information content (AvgIpc) is 2.28. The Hall–Kier alpha value is -2.02. The van der Waals surface area contributed by atoms with E-state index in [0.717, 1.165) is 11.3 Å². The van der Waals surface area contributed by atoms with Gasteiger partial charge in [-0.05, 0) is 17.7 Å². The average molecular weight is 218 g/mol. The molecule has 4 nitrogen and oxygen atoms in total. The van der Waals surface area contributed by atoms with E-state index < -0.39 is 0 Å². The highest BCUT2D eigenvalue weighted by Gasteiger charge is 2.11. The third-order valence-corrected chi connectivity index (χ3v) is 2.19. The molecule has 1 amide bonds. The van der Waals surface area contributed by atoms with Gasteiger partial charge in [0.05, 0.1) is 25.6 Å². The van der Waals surface area contributed by atoms with Gasteiger partial charge in [-0.25, -0.2) is 0 Å². The number of ether oxygens (including phenoxy) is 1. The lowest BCUT2D eigenvalue weighted by atomic mass is 10.0. The molecular formula is C12H14N2O2. The minimum absolute atomic E-state index is 0.143. The summed E-state index contributed by atoms with van der Waals surface area (Å²) in [6.45, 7) is 1.44. The molecule has 84 valence electrons. The van der Waals surface area contributed by atoms with E-state index in [-0.39, 0.29) is 18.4 Å². The van der Waals surface area contributed by atoms with Gasteiger partial charge in [0, 0.05) is 6.92 Å². The smallest absolute Gasteiger partial charge is 0.217 e. The van der Waals surface area contributed by atoms with Crippen LogP contribution in [0.15, 0.2) is 24.3 Å². The molecule has 1 aromatic rings. The second-order valence-corrected chi connectivity index (χ2v) is 3.39. The van der Waals surface area contributed by atoms with Crippen molar-refractivity contribution in [3.8, 4) is 11.8 Å². The number of benzene rings is 1. The van der Waals surface area contributed by atoms with Crippen molar-refractivity contribution in [1.82, 2.24) is 5.32 Å². The highest BCUT2D eigenvalue weighted by Crippen LogP contribution is 2.19. The Morgan fingerprint density at radius 2 is 2.12 bits per heavy atom. The number of amides is 1. The Bertz CT molecular complexity index is 392. The lowest BCUT2D eigenvalue weighted by Gasteiger charge is -2.15. The zero-order valence-electron chi connectivity index (χ0n) is 9.36. The van der Waals surface area contributed by atoms with Crippen LogP contribution in [0.4, 0.5) is 0 Å². The Morgan fingerprint density at radius 1 is 1.50 bits per heavy atom. The van der Waals surface area contributed by atoms with E-state index in [9.17, 15) is 4.79 Å². The van der Waals surface area contributed by atoms with Crippen molar-refractivity contribution in [2.75, 3.05) is 7.11 Å². The maximum Gasteiger partial charge on any atom is 0.217 e. The summed E-state index contributed by atoms with van der Waals surface area (Å²) in [7, 11) is 1.59. The normalized spacial score (nSPS) is 11.3. The van der Waals surface area contributed by atoms with Crippen molar-refractivity contribution in [3.63, 3.8) is 0 Å². The monoisotopic (exact) mass is 218 g/mol. The van der Waals surface area contributed by atoms with Crippen molar-refractivity contribution in [2.45, 2.75) is 19.4 Å². The van der Waals surface area contributed by atoms with Crippen LogP contribution >= 0.6 is 0 Å². The standard InChI is InChI=1S/C12H14N2O2/c1-9(15)14-12(7-8-13)10-3-5-11(16-2)6-4-10/h3-6,12H,7H2,1-2H3,(H,14,15). The second-order valence-electron chi connectivity index (χ2n) is 3.39. The zero-order valence-corrected chi connectivity index (χ0v) is 9.36. The molecule has 1 unspecified atom stereocenters. The van der Waals surface area contributed by atoms with Gasteiger partial charge in [0.2, 0.25) is 5.91 Å². The predicted molar refractivity (Wildman–Crippen MR) is 59.8 cm³/mol. The van der Waals surface area contributed by atoms with Crippen molar-refractivity contribution < 1.29 is 9.53 Å². The Morgan fingerprint density at radius 3 is 2.56 bits per heavy atom. The van der Waals surface area contributed by atoms with E-state index in [4.69, 9.17) is 10.00 Å². The highest BCUT2D eigenvalue weighted by atomic mass is 16.5. The number of nitrogens with one attached hydrogen (secondary N) is 1. The molecule has 1 atom stereocenters. The Labute approximate surface area is 94.8 Å². The molecule has 0 saturated carbocycles. The third-order valence-electron chi connectivity index (χ3n) is 2.19. The fourth-order valence-electron chi connectivity index (χ4n) is 1.43. The van der Waals surface area contributed by atoms with Crippen LogP contribution in [0.5, 0.6) is 5.75 Å². The fraction of sp³-hybridized carbons (Fsp3) is 0.333. The second kappa shape index (κ2) is 5.76. The van der Waals surface area contributed by atoms with E-state index in [0.29, 0.717) is 0 Å². The van der Waals surface area contributed by atoms with Gasteiger partial charge in [-0.2, -0.15) is 5.26 Å². The number of carbonyl (C=O) groups excluding carboxylic acids is 1. The number of hydrogen-bond donors (Lipinski definition) is 1. The topological polar surface area (TPSA) is 62.1 Å². The molecule has 0 spiro atoms. The Kier molecular flexibility index (Phi) is 4.34. The lowest BCUT2D eigenvalue weighted by Crippen LogP contribution is -2.25. The first-order valence-electron chi connectivity index (χ1n) is 4.95. The van der Waals surface area contributed by atoms with Crippen LogP contribution in [0.2, 0.25) is 0 Å². The van der Waals surface area contributed by atoms with Gasteiger partial charge in [0.15, 0.2) is 0 Å². The van der Waals surface area contributed by atoms with Crippen LogP contribution < -0.4 is 10.1 Å². The maximum atomic E-state index is 11.0. The molecule has 1 rings (SSSR count). The molecule has 1 aromatic carbocycles. The van der Waals surface area contributed by atoms with E-state index in [1.165, 1.54) is 6.92 Å². The molecule has 0 radical (unpaired) electrons. The van der Waals surface area contributed by atoms with Gasteiger partial charge in [-0.15, -0.1) is 0 Å². The first-order valence-corrected chi connectivity index (χ1v) is 4.95. The molecule has 0 saturated heterocycles. The first-order chi connectivity index (χ1) is 7.67. The van der Waals surface area contributed by atoms with Gasteiger partial charge in [0.1, 0.15) is 5.75 Å². The summed E-state index contributed by atoms with van der Waals surface area (Å²) in [6, 6.07) is 9.10. The molecule has 0 aliphatic heterocycles. The summed E-state index contributed by atoms with van der Waals surface area (Å²) in [5.74, 6) is 0.610. The van der Waals surface area contributed by atoms with E-state index in [1.807, 2.05) is 24.3 Å². The number of methoxy groups -OCH3 is 1. The maximum absolute atomic E-state index is 11.0. The molecule has 0 aliphatic rings. The zero-order chi connectivity index (χ0) is 12.0. The molecule has 0 heterocycles. The van der Waals surface area contributed by atoms with Crippen LogP contribution in [-0.2, 0) is 4.79 Å². The minimum atomic E-state index is -0.256. The Balaban J connectivity index is 2.84. The summed E-state index contributed by atoms with van der Waals surface area (Å²) >= 11 is 0. The largest absolute Gasteiger partial charge is 0.497 e. The van der Waals surface area contributed by atoms with Gasteiger partial charge < -0.3 is 10.1 Å². The van der Waals surface area contributed by atoms with Crippen LogP contribution in [0, 0.1) is 11.3 Å². The number of rotatable bonds is 4. The van der Waals surface area contributed by atoms with Gasteiger partial charge in [-0.3, -0.25) is 4.79 Å². The molecule has 4 heteroatoms. The molecule has 0 bridgehead atoms. The van der Waals surface area contributed by atoms with Crippen LogP contribution in [0.3, 0.4) is 0 Å². The van der Waals surface area contributed by atoms with E-state index >= 15 is 0 Å². The van der Waals surface area contributed by atoms with Gasteiger partial charge in [0.25, 0.3) is 0 Å². The van der Waals surface area contributed by atoms with Gasteiger partial charge >= 0.3 is 0 Å². The van der Waals surface area contributed by atoms with Gasteiger partial charge in [-0.1, -0.05) is 12.1 Å². The summed E-state index contributed by atoms with van der Waals surface area (Å²) in [6.07, 6.45) is 0.256. The molecular weight excluding hydrogens is 204 g/mol. The minimum Gasteiger partial charge on any atom is -0.497 e. The summed E-state index contributed by atoms with van der Waals surface area (Å²) in [4.78, 5) is 11.0. The first kappa shape index (κ1) is 12.1. The predicted octanol–water partition coefficient (Wildman–Crippen LogP) is 1.79. The molecule has 0 aromatic heterocycles. The fourth-order valence-corrected chi connectivity index (χ4v) is 1.43. The van der Waals surface area contributed by atoms with Crippen molar-refractivity contribution >= 4 is 5.91 Å². The lowest BCUT2D eigenvalue weighted by molar-refractivity contribution is -0.119. The summed E-state index contributed by atoms with van der Waals surface area (Å²) in [5, 5.41) is 11.4. The number of nitrogens with zero attached hydrogens (tertiary/aromatic N) is 1. The number of nitriles is 1.